The molecule has 3 nitrogen and oxygen atoms in total. The second-order valence-electron chi connectivity index (χ2n) is 2.00. The first kappa shape index (κ1) is 8.99. The molecule has 0 aliphatic heterocycles. The molecule has 0 bridgehead atoms. The average molecular weight is 234 g/mol. The predicted octanol–water partition coefficient (Wildman–Crippen LogP) is 2.05. The fourth-order valence-electron chi connectivity index (χ4n) is 0.666. The minimum absolute atomic E-state index is 0.175. The number of hydrogen-bond donors (Lipinski definition) is 1. The first-order valence-electron chi connectivity index (χ1n) is 3.02. The summed E-state index contributed by atoms with van der Waals surface area (Å²) in [6.07, 6.45) is -1.03. The third-order valence-corrected chi connectivity index (χ3v) is 1.60. The van der Waals surface area contributed by atoms with E-state index in [0.717, 1.165) is 0 Å². The van der Waals surface area contributed by atoms with Crippen LogP contribution in [0.3, 0.4) is 0 Å². The number of primary amides is 1. The lowest BCUT2D eigenvalue weighted by Gasteiger charge is -2.01. The van der Waals surface area contributed by atoms with Gasteiger partial charge in [-0.2, -0.15) is 0 Å². The molecule has 0 heterocycles. The highest BCUT2D eigenvalue weighted by Crippen LogP contribution is 2.21. The molecule has 0 spiro atoms. The smallest absolute Gasteiger partial charge is 0.407 e. The van der Waals surface area contributed by atoms with Crippen molar-refractivity contribution in [1.29, 1.82) is 0 Å². The van der Waals surface area contributed by atoms with E-state index in [0.29, 0.717) is 4.47 Å². The molecule has 0 aliphatic rings. The Kier molecular flexibility index (Phi) is 2.65. The van der Waals surface area contributed by atoms with Crippen LogP contribution in [0.25, 0.3) is 0 Å². The number of ether oxygens (including phenoxy) is 1. The topological polar surface area (TPSA) is 52.3 Å². The van der Waals surface area contributed by atoms with Crippen LogP contribution in [0.4, 0.5) is 9.18 Å². The van der Waals surface area contributed by atoms with E-state index in [9.17, 15) is 9.18 Å². The van der Waals surface area contributed by atoms with Crippen LogP contribution in [-0.2, 0) is 0 Å². The lowest BCUT2D eigenvalue weighted by Crippen LogP contribution is -2.16. The molecular formula is C7H5BrFNO2. The first-order valence-corrected chi connectivity index (χ1v) is 3.81. The SMILES string of the molecule is NC(=O)Oc1ccc(Br)cc1F. The van der Waals surface area contributed by atoms with Crippen molar-refractivity contribution in [2.24, 2.45) is 5.73 Å². The standard InChI is InChI=1S/C7H5BrFNO2/c8-4-1-2-6(5(9)3-4)12-7(10)11/h1-3H,(H2,10,11). The molecule has 0 saturated heterocycles. The van der Waals surface area contributed by atoms with E-state index in [1.807, 2.05) is 0 Å². The number of rotatable bonds is 1. The van der Waals surface area contributed by atoms with Crippen molar-refractivity contribution in [1.82, 2.24) is 0 Å². The Morgan fingerprint density at radius 3 is 2.75 bits per heavy atom. The highest BCUT2D eigenvalue weighted by atomic mass is 79.9. The van der Waals surface area contributed by atoms with E-state index >= 15 is 0 Å². The van der Waals surface area contributed by atoms with E-state index < -0.39 is 11.9 Å². The lowest BCUT2D eigenvalue weighted by atomic mass is 10.3. The molecule has 0 aromatic heterocycles. The molecule has 0 radical (unpaired) electrons. The van der Waals surface area contributed by atoms with Gasteiger partial charge in [0.15, 0.2) is 11.6 Å². The summed E-state index contributed by atoms with van der Waals surface area (Å²) in [6, 6.07) is 4.03. The Labute approximate surface area is 76.4 Å². The monoisotopic (exact) mass is 233 g/mol. The van der Waals surface area contributed by atoms with Gasteiger partial charge in [-0.15, -0.1) is 0 Å². The molecule has 12 heavy (non-hydrogen) atoms. The molecule has 1 aromatic carbocycles. The van der Waals surface area contributed by atoms with Gasteiger partial charge in [-0.25, -0.2) is 9.18 Å². The highest BCUT2D eigenvalue weighted by Gasteiger charge is 2.05. The largest absolute Gasteiger partial charge is 0.410 e. The maximum atomic E-state index is 12.8. The molecule has 0 saturated carbocycles. The van der Waals surface area contributed by atoms with E-state index in [4.69, 9.17) is 5.73 Å². The second-order valence-corrected chi connectivity index (χ2v) is 2.91. The minimum Gasteiger partial charge on any atom is -0.407 e. The highest BCUT2D eigenvalue weighted by molar-refractivity contribution is 9.10. The zero-order valence-electron chi connectivity index (χ0n) is 5.88. The normalized spacial score (nSPS) is 9.50. The van der Waals surface area contributed by atoms with Gasteiger partial charge in [0.2, 0.25) is 0 Å². The van der Waals surface area contributed by atoms with E-state index in [1.165, 1.54) is 12.1 Å². The van der Waals surface area contributed by atoms with Crippen molar-refractivity contribution in [3.8, 4) is 5.75 Å². The van der Waals surface area contributed by atoms with Gasteiger partial charge in [-0.05, 0) is 18.2 Å². The van der Waals surface area contributed by atoms with Crippen molar-refractivity contribution in [3.63, 3.8) is 0 Å². The van der Waals surface area contributed by atoms with Crippen molar-refractivity contribution < 1.29 is 13.9 Å². The van der Waals surface area contributed by atoms with Crippen LogP contribution in [0, 0.1) is 5.82 Å². The Morgan fingerprint density at radius 1 is 1.58 bits per heavy atom. The molecule has 64 valence electrons. The number of halogens is 2. The van der Waals surface area contributed by atoms with Gasteiger partial charge < -0.3 is 10.5 Å². The molecule has 2 N–H and O–H groups in total. The van der Waals surface area contributed by atoms with Crippen LogP contribution in [-0.4, -0.2) is 6.09 Å². The summed E-state index contributed by atoms with van der Waals surface area (Å²) in [5, 5.41) is 0. The zero-order valence-corrected chi connectivity index (χ0v) is 7.47. The van der Waals surface area contributed by atoms with Crippen molar-refractivity contribution in [3.05, 3.63) is 28.5 Å². The minimum atomic E-state index is -1.03. The molecule has 1 rings (SSSR count). The van der Waals surface area contributed by atoms with Gasteiger partial charge in [0.25, 0.3) is 0 Å². The van der Waals surface area contributed by atoms with Crippen LogP contribution >= 0.6 is 15.9 Å². The van der Waals surface area contributed by atoms with Crippen LogP contribution in [0.5, 0.6) is 5.75 Å². The maximum absolute atomic E-state index is 12.8. The molecular weight excluding hydrogens is 229 g/mol. The molecule has 5 heteroatoms. The van der Waals surface area contributed by atoms with Crippen LogP contribution in [0.1, 0.15) is 0 Å². The van der Waals surface area contributed by atoms with Gasteiger partial charge in [0, 0.05) is 4.47 Å². The zero-order chi connectivity index (χ0) is 9.14. The first-order chi connectivity index (χ1) is 5.59. The Bertz CT molecular complexity index is 316. The fourth-order valence-corrected chi connectivity index (χ4v) is 1.000. The summed E-state index contributed by atoms with van der Waals surface area (Å²) in [5.74, 6) is -0.811. The molecule has 0 aliphatic carbocycles. The van der Waals surface area contributed by atoms with E-state index in [2.05, 4.69) is 20.7 Å². The molecule has 1 amide bonds. The van der Waals surface area contributed by atoms with Gasteiger partial charge in [0.1, 0.15) is 0 Å². The number of amides is 1. The van der Waals surface area contributed by atoms with E-state index in [1.54, 1.807) is 6.07 Å². The third kappa shape index (κ3) is 2.20. The van der Waals surface area contributed by atoms with Gasteiger partial charge in [-0.1, -0.05) is 15.9 Å². The fraction of sp³-hybridized carbons (Fsp3) is 0. The van der Waals surface area contributed by atoms with Crippen molar-refractivity contribution >= 4 is 22.0 Å². The Balaban J connectivity index is 2.93. The number of carbonyl (C=O) groups is 1. The number of benzene rings is 1. The van der Waals surface area contributed by atoms with E-state index in [-0.39, 0.29) is 5.75 Å². The summed E-state index contributed by atoms with van der Waals surface area (Å²) in [7, 11) is 0. The second kappa shape index (κ2) is 3.53. The van der Waals surface area contributed by atoms with Crippen LogP contribution < -0.4 is 10.5 Å². The quantitative estimate of drug-likeness (QED) is 0.808. The number of carbonyl (C=O) groups excluding carboxylic acids is 1. The molecule has 0 fully saturated rings. The third-order valence-electron chi connectivity index (χ3n) is 1.10. The number of nitrogens with two attached hydrogens (primary N) is 1. The molecule has 0 unspecified atom stereocenters. The van der Waals surface area contributed by atoms with Gasteiger partial charge in [-0.3, -0.25) is 0 Å². The number of hydrogen-bond acceptors (Lipinski definition) is 2. The van der Waals surface area contributed by atoms with Crippen LogP contribution in [0.2, 0.25) is 0 Å². The lowest BCUT2D eigenvalue weighted by molar-refractivity contribution is 0.208. The van der Waals surface area contributed by atoms with Gasteiger partial charge in [0.05, 0.1) is 0 Å². The van der Waals surface area contributed by atoms with Crippen molar-refractivity contribution in [2.45, 2.75) is 0 Å². The summed E-state index contributed by atoms with van der Waals surface area (Å²) in [4.78, 5) is 10.2. The van der Waals surface area contributed by atoms with Crippen LogP contribution in [0.15, 0.2) is 22.7 Å². The predicted molar refractivity (Wildman–Crippen MR) is 44.3 cm³/mol. The average Bonchev–Trinajstić information content (AvgIpc) is 1.94. The summed E-state index contributed by atoms with van der Waals surface area (Å²) in [6.45, 7) is 0. The molecule has 1 aromatic rings. The summed E-state index contributed by atoms with van der Waals surface area (Å²) >= 11 is 3.05. The van der Waals surface area contributed by atoms with Crippen molar-refractivity contribution in [2.75, 3.05) is 0 Å². The molecule has 0 atom stereocenters. The Hall–Kier alpha value is -1.10. The summed E-state index contributed by atoms with van der Waals surface area (Å²) < 4.78 is 17.8. The van der Waals surface area contributed by atoms with Gasteiger partial charge >= 0.3 is 6.09 Å². The maximum Gasteiger partial charge on any atom is 0.410 e. The summed E-state index contributed by atoms with van der Waals surface area (Å²) in [5.41, 5.74) is 4.69. The Morgan fingerprint density at radius 2 is 2.25 bits per heavy atom.